The van der Waals surface area contributed by atoms with E-state index in [0.717, 1.165) is 27.2 Å². The van der Waals surface area contributed by atoms with E-state index in [-0.39, 0.29) is 23.4 Å². The lowest BCUT2D eigenvalue weighted by Gasteiger charge is -2.26. The monoisotopic (exact) mass is 584 g/mol. The molecule has 0 bridgehead atoms. The van der Waals surface area contributed by atoms with Gasteiger partial charge >= 0.3 is 0 Å². The van der Waals surface area contributed by atoms with Gasteiger partial charge in [0.2, 0.25) is 5.91 Å². The number of hydrogen-bond acceptors (Lipinski definition) is 4. The van der Waals surface area contributed by atoms with Crippen LogP contribution < -0.4 is 14.4 Å². The molecule has 6 nitrogen and oxygen atoms in total. The number of ether oxygens (including phenoxy) is 1. The maximum absolute atomic E-state index is 13.7. The Bertz CT molecular complexity index is 1330. The van der Waals surface area contributed by atoms with Gasteiger partial charge in [-0.05, 0) is 104 Å². The van der Waals surface area contributed by atoms with Crippen molar-refractivity contribution >= 4 is 37.5 Å². The van der Waals surface area contributed by atoms with Crippen molar-refractivity contribution in [3.05, 3.63) is 87.9 Å². The quantitative estimate of drug-likeness (QED) is 0.308. The van der Waals surface area contributed by atoms with E-state index >= 15 is 0 Å². The number of halogens is 1. The minimum atomic E-state index is -4.00. The second kappa shape index (κ2) is 12.1. The zero-order valence-electron chi connectivity index (χ0n) is 21.2. The maximum atomic E-state index is 13.7. The summed E-state index contributed by atoms with van der Waals surface area (Å²) in [5, 5.41) is 3.08. The van der Waals surface area contributed by atoms with Crippen molar-refractivity contribution < 1.29 is 17.9 Å². The fraction of sp³-hybridized carbons (Fsp3) is 0.345. The molecule has 0 unspecified atom stereocenters. The topological polar surface area (TPSA) is 75.7 Å². The number of carbonyl (C=O) groups excluding carboxylic acids is 1. The van der Waals surface area contributed by atoms with Crippen LogP contribution >= 0.6 is 15.9 Å². The predicted molar refractivity (Wildman–Crippen MR) is 151 cm³/mol. The largest absolute Gasteiger partial charge is 0.494 e. The molecular weight excluding hydrogens is 552 g/mol. The van der Waals surface area contributed by atoms with Gasteiger partial charge in [-0.3, -0.25) is 9.10 Å². The van der Waals surface area contributed by atoms with E-state index in [9.17, 15) is 13.2 Å². The van der Waals surface area contributed by atoms with Crippen LogP contribution in [0.3, 0.4) is 0 Å². The molecule has 4 rings (SSSR count). The number of rotatable bonds is 10. The number of hydrogen-bond donors (Lipinski definition) is 1. The zero-order valence-corrected chi connectivity index (χ0v) is 23.6. The molecular formula is C29H33BrN2O4S. The molecule has 1 aliphatic carbocycles. The van der Waals surface area contributed by atoms with E-state index in [4.69, 9.17) is 4.74 Å². The SMILES string of the molecule is CCOc1ccc(N(CC(=O)N[C@@H](CC)c2ccc3c(c2)CCCC3)S(=O)(=O)c2ccc(Br)cc2)cc1. The zero-order chi connectivity index (χ0) is 26.4. The van der Waals surface area contributed by atoms with Crippen LogP contribution in [0.15, 0.2) is 76.1 Å². The molecule has 3 aromatic rings. The van der Waals surface area contributed by atoms with Gasteiger partial charge in [-0.2, -0.15) is 0 Å². The molecule has 0 saturated heterocycles. The Labute approximate surface area is 228 Å². The number of nitrogens with zero attached hydrogens (tertiary/aromatic N) is 1. The van der Waals surface area contributed by atoms with Crippen LogP contribution in [-0.2, 0) is 27.7 Å². The summed E-state index contributed by atoms with van der Waals surface area (Å²) in [5.74, 6) is 0.272. The summed E-state index contributed by atoms with van der Waals surface area (Å²) in [4.78, 5) is 13.4. The smallest absolute Gasteiger partial charge is 0.264 e. The second-order valence-electron chi connectivity index (χ2n) is 9.16. The van der Waals surface area contributed by atoms with Gasteiger partial charge in [0.25, 0.3) is 10.0 Å². The number of sulfonamides is 1. The lowest BCUT2D eigenvalue weighted by Crippen LogP contribution is -2.42. The number of nitrogens with one attached hydrogen (secondary N) is 1. The van der Waals surface area contributed by atoms with Crippen LogP contribution in [-0.4, -0.2) is 27.5 Å². The number of benzene rings is 3. The maximum Gasteiger partial charge on any atom is 0.264 e. The third-order valence-corrected chi connectivity index (χ3v) is 8.96. The fourth-order valence-corrected chi connectivity index (χ4v) is 6.37. The molecule has 0 fully saturated rings. The van der Waals surface area contributed by atoms with Crippen molar-refractivity contribution in [1.82, 2.24) is 5.32 Å². The number of carbonyl (C=O) groups is 1. The number of aryl methyl sites for hydroxylation is 2. The number of fused-ring (bicyclic) bond motifs is 1. The molecule has 0 aliphatic heterocycles. The van der Waals surface area contributed by atoms with Gasteiger partial charge in [0.15, 0.2) is 0 Å². The highest BCUT2D eigenvalue weighted by Gasteiger charge is 2.28. The normalized spacial score (nSPS) is 13.9. The first-order chi connectivity index (χ1) is 17.8. The molecule has 196 valence electrons. The van der Waals surface area contributed by atoms with E-state index in [0.29, 0.717) is 24.5 Å². The van der Waals surface area contributed by atoms with Crippen molar-refractivity contribution in [3.63, 3.8) is 0 Å². The summed E-state index contributed by atoms with van der Waals surface area (Å²) in [6, 6.07) is 19.4. The third-order valence-electron chi connectivity index (χ3n) is 6.64. The molecule has 1 aliphatic rings. The molecule has 8 heteroatoms. The first kappa shape index (κ1) is 27.2. The van der Waals surface area contributed by atoms with Crippen LogP contribution in [0.4, 0.5) is 5.69 Å². The molecule has 1 N–H and O–H groups in total. The molecule has 1 atom stereocenters. The van der Waals surface area contributed by atoms with Crippen molar-refractivity contribution in [3.8, 4) is 5.75 Å². The Balaban J connectivity index is 1.59. The highest BCUT2D eigenvalue weighted by molar-refractivity contribution is 9.10. The van der Waals surface area contributed by atoms with Crippen LogP contribution in [0.5, 0.6) is 5.75 Å². The molecule has 1 amide bonds. The minimum absolute atomic E-state index is 0.110. The van der Waals surface area contributed by atoms with Gasteiger partial charge in [0, 0.05) is 4.47 Å². The van der Waals surface area contributed by atoms with Gasteiger partial charge in [0.1, 0.15) is 12.3 Å². The standard InChI is InChI=1S/C29H33BrN2O4S/c1-3-28(23-10-9-21-7-5-6-8-22(21)19-23)31-29(33)20-32(25-13-15-26(16-14-25)36-4-2)37(34,35)27-17-11-24(30)12-18-27/h9-19,28H,3-8,20H2,1-2H3,(H,31,33)/t28-/m0/s1. The van der Waals surface area contributed by atoms with Gasteiger partial charge < -0.3 is 10.1 Å². The summed E-state index contributed by atoms with van der Waals surface area (Å²) in [6.45, 7) is 4.07. The van der Waals surface area contributed by atoms with Gasteiger partial charge in [0.05, 0.1) is 23.2 Å². The van der Waals surface area contributed by atoms with Gasteiger partial charge in [-0.15, -0.1) is 0 Å². The Kier molecular flexibility index (Phi) is 8.92. The summed E-state index contributed by atoms with van der Waals surface area (Å²) < 4.78 is 34.8. The summed E-state index contributed by atoms with van der Waals surface area (Å²) in [6.07, 6.45) is 5.26. The highest BCUT2D eigenvalue weighted by Crippen LogP contribution is 2.28. The van der Waals surface area contributed by atoms with Crippen LogP contribution in [0, 0.1) is 0 Å². The van der Waals surface area contributed by atoms with Crippen molar-refractivity contribution in [2.45, 2.75) is 56.9 Å². The van der Waals surface area contributed by atoms with E-state index in [1.165, 1.54) is 36.1 Å². The molecule has 0 saturated carbocycles. The Morgan fingerprint density at radius 2 is 1.65 bits per heavy atom. The first-order valence-corrected chi connectivity index (χ1v) is 15.0. The molecule has 37 heavy (non-hydrogen) atoms. The minimum Gasteiger partial charge on any atom is -0.494 e. The lowest BCUT2D eigenvalue weighted by molar-refractivity contribution is -0.120. The van der Waals surface area contributed by atoms with Crippen molar-refractivity contribution in [2.75, 3.05) is 17.5 Å². The van der Waals surface area contributed by atoms with Crippen LogP contribution in [0.25, 0.3) is 0 Å². The summed E-state index contributed by atoms with van der Waals surface area (Å²) in [5.41, 5.74) is 4.19. The van der Waals surface area contributed by atoms with E-state index in [2.05, 4.69) is 39.4 Å². The van der Waals surface area contributed by atoms with E-state index in [1.54, 1.807) is 36.4 Å². The third kappa shape index (κ3) is 6.54. The average molecular weight is 586 g/mol. The molecule has 0 spiro atoms. The Morgan fingerprint density at radius 3 is 2.30 bits per heavy atom. The van der Waals surface area contributed by atoms with E-state index < -0.39 is 10.0 Å². The molecule has 3 aromatic carbocycles. The lowest BCUT2D eigenvalue weighted by atomic mass is 9.89. The van der Waals surface area contributed by atoms with Crippen molar-refractivity contribution in [2.24, 2.45) is 0 Å². The van der Waals surface area contributed by atoms with Crippen LogP contribution in [0.2, 0.25) is 0 Å². The van der Waals surface area contributed by atoms with Gasteiger partial charge in [-0.1, -0.05) is 41.1 Å². The van der Waals surface area contributed by atoms with Crippen LogP contribution in [0.1, 0.15) is 55.8 Å². The fourth-order valence-electron chi connectivity index (χ4n) is 4.69. The van der Waals surface area contributed by atoms with E-state index in [1.807, 2.05) is 13.8 Å². The highest BCUT2D eigenvalue weighted by atomic mass is 79.9. The second-order valence-corrected chi connectivity index (χ2v) is 11.9. The number of anilines is 1. The summed E-state index contributed by atoms with van der Waals surface area (Å²) >= 11 is 3.35. The summed E-state index contributed by atoms with van der Waals surface area (Å²) in [7, 11) is -4.00. The van der Waals surface area contributed by atoms with Crippen molar-refractivity contribution in [1.29, 1.82) is 0 Å². The number of amides is 1. The Morgan fingerprint density at radius 1 is 0.973 bits per heavy atom. The predicted octanol–water partition coefficient (Wildman–Crippen LogP) is 6.19. The molecule has 0 heterocycles. The first-order valence-electron chi connectivity index (χ1n) is 12.7. The Hall–Kier alpha value is -2.84. The molecule has 0 aromatic heterocycles. The molecule has 0 radical (unpaired) electrons. The average Bonchev–Trinajstić information content (AvgIpc) is 2.91. The van der Waals surface area contributed by atoms with Gasteiger partial charge in [-0.25, -0.2) is 8.42 Å².